The first-order chi connectivity index (χ1) is 17.5. The summed E-state index contributed by atoms with van der Waals surface area (Å²) in [5.74, 6) is 1.23. The zero-order chi connectivity index (χ0) is 25.3. The normalized spacial score (nSPS) is 19.7. The fourth-order valence-corrected chi connectivity index (χ4v) is 5.61. The van der Waals surface area contributed by atoms with Crippen molar-refractivity contribution in [3.63, 3.8) is 0 Å². The van der Waals surface area contributed by atoms with Gasteiger partial charge in [0.2, 0.25) is 0 Å². The first-order valence-corrected chi connectivity index (χ1v) is 12.6. The number of nitrogens with zero attached hydrogens (tertiary/aromatic N) is 6. The average molecular weight is 481 g/mol. The summed E-state index contributed by atoms with van der Waals surface area (Å²) >= 11 is 0. The lowest BCUT2D eigenvalue weighted by molar-refractivity contribution is 0.217. The van der Waals surface area contributed by atoms with E-state index in [1.54, 1.807) is 17.1 Å². The fraction of sp³-hybridized carbons (Fsp3) is 0.444. The van der Waals surface area contributed by atoms with Crippen molar-refractivity contribution < 1.29 is 9.90 Å². The number of aliphatic hydroxyl groups is 1. The summed E-state index contributed by atoms with van der Waals surface area (Å²) < 4.78 is 1.94. The van der Waals surface area contributed by atoms with E-state index in [0.29, 0.717) is 47.8 Å². The summed E-state index contributed by atoms with van der Waals surface area (Å²) in [5.41, 5.74) is 5.10. The topological polar surface area (TPSA) is 108 Å². The van der Waals surface area contributed by atoms with E-state index >= 15 is 0 Å². The van der Waals surface area contributed by atoms with Crippen molar-refractivity contribution >= 4 is 19.3 Å². The van der Waals surface area contributed by atoms with Gasteiger partial charge in [0.1, 0.15) is 18.1 Å². The lowest BCUT2D eigenvalue weighted by Crippen LogP contribution is -2.36. The Morgan fingerprint density at radius 2 is 2.08 bits per heavy atom. The molecule has 183 valence electrons. The van der Waals surface area contributed by atoms with E-state index in [1.807, 2.05) is 30.8 Å². The van der Waals surface area contributed by atoms with E-state index in [9.17, 15) is 15.2 Å². The summed E-state index contributed by atoms with van der Waals surface area (Å²) in [6, 6.07) is 10.1. The van der Waals surface area contributed by atoms with Crippen molar-refractivity contribution in [1.82, 2.24) is 19.7 Å². The number of fused-ring (bicyclic) bond motifs is 1. The van der Waals surface area contributed by atoms with E-state index in [0.717, 1.165) is 16.8 Å². The molecule has 3 aromatic rings. The van der Waals surface area contributed by atoms with E-state index in [1.165, 1.54) is 45.2 Å². The van der Waals surface area contributed by atoms with Crippen LogP contribution in [0, 0.1) is 11.3 Å². The molecule has 3 heterocycles. The summed E-state index contributed by atoms with van der Waals surface area (Å²) in [7, 11) is 3.39. The van der Waals surface area contributed by atoms with Gasteiger partial charge in [0.15, 0.2) is 0 Å². The van der Waals surface area contributed by atoms with E-state index in [2.05, 4.69) is 17.1 Å². The number of hydrogen-bond acceptors (Lipinski definition) is 7. The molecule has 1 aromatic carbocycles. The third kappa shape index (κ3) is 4.42. The lowest BCUT2D eigenvalue weighted by Gasteiger charge is -2.23. The van der Waals surface area contributed by atoms with Gasteiger partial charge in [0.25, 0.3) is 0 Å². The molecule has 1 unspecified atom stereocenters. The van der Waals surface area contributed by atoms with E-state index in [-0.39, 0.29) is 6.61 Å². The number of benzene rings is 1. The minimum Gasteiger partial charge on any atom is -0.410 e. The second kappa shape index (κ2) is 9.86. The van der Waals surface area contributed by atoms with Gasteiger partial charge in [-0.3, -0.25) is 4.68 Å². The van der Waals surface area contributed by atoms with Crippen LogP contribution < -0.4 is 4.81 Å². The van der Waals surface area contributed by atoms with Crippen LogP contribution in [0.2, 0.25) is 0 Å². The van der Waals surface area contributed by atoms with Crippen LogP contribution >= 0.6 is 0 Å². The number of hydrogen-bond donors (Lipinski definition) is 1. The second-order valence-corrected chi connectivity index (χ2v) is 10.2. The van der Waals surface area contributed by atoms with Crippen molar-refractivity contribution in [3.05, 3.63) is 58.8 Å². The van der Waals surface area contributed by atoms with Crippen LogP contribution in [0.4, 0.5) is 5.69 Å². The van der Waals surface area contributed by atoms with Crippen molar-refractivity contribution in [1.29, 1.82) is 5.26 Å². The van der Waals surface area contributed by atoms with Gasteiger partial charge in [-0.25, -0.2) is 9.97 Å². The number of nitriles is 1. The molecule has 1 fully saturated rings. The highest BCUT2D eigenvalue weighted by molar-refractivity contribution is 6.70. The molecule has 2 aromatic heterocycles. The van der Waals surface area contributed by atoms with Gasteiger partial charge in [-0.15, -0.1) is 0 Å². The number of aliphatic hydroxyl groups excluding tert-OH is 1. The quantitative estimate of drug-likeness (QED) is 0.408. The third-order valence-corrected chi connectivity index (χ3v) is 7.64. The van der Waals surface area contributed by atoms with Crippen molar-refractivity contribution in [2.75, 3.05) is 18.0 Å². The first-order valence-electron chi connectivity index (χ1n) is 12.6. The third-order valence-electron chi connectivity index (χ3n) is 7.64. The van der Waals surface area contributed by atoms with Crippen LogP contribution in [0.15, 0.2) is 30.5 Å². The van der Waals surface area contributed by atoms with Crippen LogP contribution in [0.25, 0.3) is 11.3 Å². The highest BCUT2D eigenvalue weighted by atomic mass is 16.3. The fourth-order valence-electron chi connectivity index (χ4n) is 5.61. The Balaban J connectivity index is 1.47. The molecular formula is C27H30BN6O2. The standard InChI is InChI=1S/C27H30BN6O2/c1-27(16-35)15-34(28-17-36)26-20(14-29)10-19(11-22(26)27)23-8-9-30-25(31-23)13-21-12-24(32-33(21)2)18-6-4-3-5-7-18/h8-12,17-18,35H,3-7,13,15-16H2,1-2H3. The number of anilines is 1. The molecule has 1 atom stereocenters. The van der Waals surface area contributed by atoms with Gasteiger partial charge in [-0.1, -0.05) is 26.2 Å². The van der Waals surface area contributed by atoms with Gasteiger partial charge in [0.05, 0.1) is 23.6 Å². The maximum absolute atomic E-state index is 11.2. The van der Waals surface area contributed by atoms with Gasteiger partial charge in [-0.05, 0) is 42.7 Å². The molecule has 2 aliphatic rings. The minimum atomic E-state index is -0.601. The Morgan fingerprint density at radius 1 is 1.28 bits per heavy atom. The van der Waals surface area contributed by atoms with Crippen LogP contribution in [0.3, 0.4) is 0 Å². The average Bonchev–Trinajstić information content (AvgIpc) is 3.41. The molecule has 0 spiro atoms. The van der Waals surface area contributed by atoms with Crippen LogP contribution in [0.1, 0.15) is 73.3 Å². The van der Waals surface area contributed by atoms with Crippen molar-refractivity contribution in [2.45, 2.75) is 56.8 Å². The Bertz CT molecular complexity index is 1330. The summed E-state index contributed by atoms with van der Waals surface area (Å²) in [4.78, 5) is 22.3. The molecule has 0 bridgehead atoms. The van der Waals surface area contributed by atoms with Crippen molar-refractivity contribution in [3.8, 4) is 17.3 Å². The number of aromatic nitrogens is 4. The Kier molecular flexibility index (Phi) is 6.63. The Morgan fingerprint density at radius 3 is 2.81 bits per heavy atom. The summed E-state index contributed by atoms with van der Waals surface area (Å²) in [6.45, 7) is 2.26. The van der Waals surface area contributed by atoms with Crippen LogP contribution in [-0.2, 0) is 23.7 Å². The van der Waals surface area contributed by atoms with E-state index < -0.39 is 5.41 Å². The second-order valence-electron chi connectivity index (χ2n) is 10.2. The number of rotatable bonds is 7. The highest BCUT2D eigenvalue weighted by Crippen LogP contribution is 2.44. The summed E-state index contributed by atoms with van der Waals surface area (Å²) in [6.07, 6.45) is 9.28. The molecule has 1 N–H and O–H groups in total. The van der Waals surface area contributed by atoms with Gasteiger partial charge >= 0.3 is 7.41 Å². The zero-order valence-electron chi connectivity index (χ0n) is 20.8. The number of aryl methyl sites for hydroxylation is 1. The first kappa shape index (κ1) is 24.2. The summed E-state index contributed by atoms with van der Waals surface area (Å²) in [5, 5.41) is 24.9. The molecule has 8 nitrogen and oxygen atoms in total. The largest absolute Gasteiger partial charge is 0.410 e. The predicted octanol–water partition coefficient (Wildman–Crippen LogP) is 3.27. The highest BCUT2D eigenvalue weighted by Gasteiger charge is 2.40. The molecule has 0 amide bonds. The Labute approximate surface area is 212 Å². The van der Waals surface area contributed by atoms with Gasteiger partial charge in [0, 0.05) is 54.5 Å². The molecule has 9 heteroatoms. The molecule has 1 radical (unpaired) electrons. The molecule has 5 rings (SSSR count). The molecular weight excluding hydrogens is 451 g/mol. The van der Waals surface area contributed by atoms with E-state index in [4.69, 9.17) is 10.1 Å². The number of carbonyl (C=O) groups excluding carboxylic acids is 1. The van der Waals surface area contributed by atoms with Gasteiger partial charge < -0.3 is 14.7 Å². The maximum atomic E-state index is 11.2. The minimum absolute atomic E-state index is 0.101. The van der Waals surface area contributed by atoms with Crippen LogP contribution in [0.5, 0.6) is 0 Å². The maximum Gasteiger partial charge on any atom is 0.329 e. The lowest BCUT2D eigenvalue weighted by atomic mass is 9.83. The SMILES string of the molecule is Cn1nc(C2CCCCC2)cc1Cc1nccc(-c2cc(C#N)c3c(c2)C(C)(CO)CN3[B]C=O)n1. The molecule has 36 heavy (non-hydrogen) atoms. The van der Waals surface area contributed by atoms with Crippen molar-refractivity contribution in [2.24, 2.45) is 7.05 Å². The molecule has 1 saturated carbocycles. The molecule has 0 saturated heterocycles. The molecule has 1 aliphatic heterocycles. The zero-order valence-corrected chi connectivity index (χ0v) is 20.8. The monoisotopic (exact) mass is 481 g/mol. The van der Waals surface area contributed by atoms with Crippen LogP contribution in [-0.4, -0.2) is 51.6 Å². The molecule has 1 aliphatic carbocycles. The Hall–Kier alpha value is -3.51. The predicted molar refractivity (Wildman–Crippen MR) is 138 cm³/mol. The van der Waals surface area contributed by atoms with Gasteiger partial charge in [-0.2, -0.15) is 10.4 Å². The smallest absolute Gasteiger partial charge is 0.329 e. The number of carbonyl (C=O) groups is 1.